The number of carbonyl (C=O) groups is 1. The van der Waals surface area contributed by atoms with E-state index in [9.17, 15) is 4.79 Å². The Bertz CT molecular complexity index is 438. The first-order valence-corrected chi connectivity index (χ1v) is 4.46. The van der Waals surface area contributed by atoms with Gasteiger partial charge in [0.1, 0.15) is 0 Å². The van der Waals surface area contributed by atoms with Crippen molar-refractivity contribution in [2.45, 2.75) is 0 Å². The summed E-state index contributed by atoms with van der Waals surface area (Å²) < 4.78 is 4.08. The van der Waals surface area contributed by atoms with Crippen molar-refractivity contribution < 1.29 is 4.79 Å². The maximum absolute atomic E-state index is 10.5. The number of fused-ring (bicyclic) bond motifs is 1. The average Bonchev–Trinajstić information content (AvgIpc) is 2.46. The topological polar surface area (TPSA) is 30.0 Å². The molecule has 2 rings (SSSR count). The molecule has 0 saturated heterocycles. The van der Waals surface area contributed by atoms with E-state index >= 15 is 0 Å². The molecule has 0 aliphatic carbocycles. The van der Waals surface area contributed by atoms with E-state index in [1.807, 2.05) is 0 Å². The van der Waals surface area contributed by atoms with Crippen molar-refractivity contribution in [3.63, 3.8) is 0 Å². The van der Waals surface area contributed by atoms with E-state index in [1.54, 1.807) is 18.2 Å². The average molecular weight is 198 g/mol. The fourth-order valence-electron chi connectivity index (χ4n) is 1.02. The maximum atomic E-state index is 10.5. The van der Waals surface area contributed by atoms with Gasteiger partial charge in [0.25, 0.3) is 0 Å². The molecule has 0 aliphatic heterocycles. The summed E-state index contributed by atoms with van der Waals surface area (Å²) in [6.07, 6.45) is 0.802. The Morgan fingerprint density at radius 1 is 1.50 bits per heavy atom. The minimum atomic E-state index is 0.630. The Morgan fingerprint density at radius 2 is 2.33 bits per heavy atom. The van der Waals surface area contributed by atoms with Crippen LogP contribution in [0.2, 0.25) is 5.02 Å². The van der Waals surface area contributed by atoms with E-state index < -0.39 is 0 Å². The Balaban J connectivity index is 2.83. The SMILES string of the molecule is O=Cc1snc2ccc(Cl)cc12. The number of aromatic nitrogens is 1. The predicted molar refractivity (Wildman–Crippen MR) is 50.0 cm³/mol. The molecule has 60 valence electrons. The summed E-state index contributed by atoms with van der Waals surface area (Å²) in [7, 11) is 0. The van der Waals surface area contributed by atoms with Gasteiger partial charge >= 0.3 is 0 Å². The van der Waals surface area contributed by atoms with Crippen LogP contribution in [0.25, 0.3) is 10.9 Å². The molecule has 0 aliphatic rings. The molecule has 1 aromatic heterocycles. The van der Waals surface area contributed by atoms with Gasteiger partial charge in [-0.15, -0.1) is 0 Å². The number of hydrogen-bond donors (Lipinski definition) is 0. The number of nitrogens with zero attached hydrogens (tertiary/aromatic N) is 1. The monoisotopic (exact) mass is 197 g/mol. The molecule has 0 fully saturated rings. The first kappa shape index (κ1) is 7.71. The molecule has 0 atom stereocenters. The summed E-state index contributed by atoms with van der Waals surface area (Å²) >= 11 is 6.96. The van der Waals surface area contributed by atoms with Crippen molar-refractivity contribution in [3.05, 3.63) is 28.1 Å². The van der Waals surface area contributed by atoms with Gasteiger partial charge in [0.05, 0.1) is 10.4 Å². The number of aldehydes is 1. The second kappa shape index (κ2) is 2.84. The molecule has 0 amide bonds. The molecule has 0 bridgehead atoms. The molecule has 12 heavy (non-hydrogen) atoms. The van der Waals surface area contributed by atoms with Crippen molar-refractivity contribution >= 4 is 40.3 Å². The van der Waals surface area contributed by atoms with Crippen LogP contribution in [0.5, 0.6) is 0 Å². The number of carbonyl (C=O) groups excluding carboxylic acids is 1. The molecule has 0 unspecified atom stereocenters. The van der Waals surface area contributed by atoms with Crippen LogP contribution in [-0.4, -0.2) is 10.7 Å². The van der Waals surface area contributed by atoms with E-state index in [1.165, 1.54) is 11.5 Å². The quantitative estimate of drug-likeness (QED) is 0.658. The molecular formula is C8H4ClNOS. The summed E-state index contributed by atoms with van der Waals surface area (Å²) in [6.45, 7) is 0. The standard InChI is InChI=1S/C8H4ClNOS/c9-5-1-2-7-6(3-5)8(4-11)12-10-7/h1-4H. The van der Waals surface area contributed by atoms with E-state index in [4.69, 9.17) is 11.6 Å². The number of benzene rings is 1. The van der Waals surface area contributed by atoms with Crippen LogP contribution in [-0.2, 0) is 0 Å². The normalized spacial score (nSPS) is 10.4. The lowest BCUT2D eigenvalue weighted by Gasteiger charge is -1.89. The zero-order valence-corrected chi connectivity index (χ0v) is 7.52. The van der Waals surface area contributed by atoms with E-state index in [-0.39, 0.29) is 0 Å². The second-order valence-electron chi connectivity index (χ2n) is 2.33. The van der Waals surface area contributed by atoms with Crippen LogP contribution in [0.15, 0.2) is 18.2 Å². The molecule has 4 heteroatoms. The minimum absolute atomic E-state index is 0.630. The van der Waals surface area contributed by atoms with Gasteiger partial charge in [-0.1, -0.05) is 11.6 Å². The van der Waals surface area contributed by atoms with E-state index in [0.29, 0.717) is 9.90 Å². The molecule has 0 saturated carbocycles. The zero-order valence-electron chi connectivity index (χ0n) is 5.95. The van der Waals surface area contributed by atoms with Crippen molar-refractivity contribution in [1.29, 1.82) is 0 Å². The molecule has 0 N–H and O–H groups in total. The highest BCUT2D eigenvalue weighted by molar-refractivity contribution is 7.09. The van der Waals surface area contributed by atoms with Crippen LogP contribution >= 0.6 is 23.1 Å². The first-order valence-electron chi connectivity index (χ1n) is 3.31. The smallest absolute Gasteiger partial charge is 0.162 e. The van der Waals surface area contributed by atoms with Crippen molar-refractivity contribution in [3.8, 4) is 0 Å². The highest BCUT2D eigenvalue weighted by atomic mass is 35.5. The molecule has 0 radical (unpaired) electrons. The summed E-state index contributed by atoms with van der Waals surface area (Å²) in [4.78, 5) is 11.2. The lowest BCUT2D eigenvalue weighted by Crippen LogP contribution is -1.72. The van der Waals surface area contributed by atoms with Gasteiger partial charge in [0.2, 0.25) is 0 Å². The highest BCUT2D eigenvalue weighted by Gasteiger charge is 2.04. The van der Waals surface area contributed by atoms with Crippen LogP contribution in [0.4, 0.5) is 0 Å². The van der Waals surface area contributed by atoms with Gasteiger partial charge in [0.15, 0.2) is 6.29 Å². The molecule has 0 spiro atoms. The van der Waals surface area contributed by atoms with E-state index in [0.717, 1.165) is 17.2 Å². The summed E-state index contributed by atoms with van der Waals surface area (Å²) in [6, 6.07) is 5.32. The third-order valence-electron chi connectivity index (χ3n) is 1.57. The zero-order chi connectivity index (χ0) is 8.55. The largest absolute Gasteiger partial charge is 0.297 e. The highest BCUT2D eigenvalue weighted by Crippen LogP contribution is 2.23. The number of halogens is 1. The fourth-order valence-corrected chi connectivity index (χ4v) is 1.85. The van der Waals surface area contributed by atoms with Crippen molar-refractivity contribution in [1.82, 2.24) is 4.37 Å². The molecular weight excluding hydrogens is 194 g/mol. The fraction of sp³-hybridized carbons (Fsp3) is 0. The Labute approximate surface area is 77.9 Å². The Hall–Kier alpha value is -0.930. The summed E-state index contributed by atoms with van der Waals surface area (Å²) in [5.74, 6) is 0. The third kappa shape index (κ3) is 1.11. The van der Waals surface area contributed by atoms with Gasteiger partial charge in [-0.05, 0) is 29.7 Å². The Morgan fingerprint density at radius 3 is 3.08 bits per heavy atom. The van der Waals surface area contributed by atoms with Gasteiger partial charge in [-0.25, -0.2) is 0 Å². The van der Waals surface area contributed by atoms with Gasteiger partial charge < -0.3 is 0 Å². The van der Waals surface area contributed by atoms with Gasteiger partial charge in [0, 0.05) is 10.4 Å². The molecule has 1 heterocycles. The molecule has 1 aromatic carbocycles. The maximum Gasteiger partial charge on any atom is 0.162 e. The second-order valence-corrected chi connectivity index (χ2v) is 3.57. The van der Waals surface area contributed by atoms with E-state index in [2.05, 4.69) is 4.37 Å². The summed E-state index contributed by atoms with van der Waals surface area (Å²) in [5.41, 5.74) is 0.825. The first-order chi connectivity index (χ1) is 5.81. The third-order valence-corrected chi connectivity index (χ3v) is 2.61. The summed E-state index contributed by atoms with van der Waals surface area (Å²) in [5, 5.41) is 1.47. The molecule has 2 nitrogen and oxygen atoms in total. The van der Waals surface area contributed by atoms with Crippen LogP contribution in [0.3, 0.4) is 0 Å². The van der Waals surface area contributed by atoms with Gasteiger partial charge in [-0.2, -0.15) is 4.37 Å². The minimum Gasteiger partial charge on any atom is -0.297 e. The lowest BCUT2D eigenvalue weighted by molar-refractivity contribution is 0.112. The van der Waals surface area contributed by atoms with Crippen molar-refractivity contribution in [2.75, 3.05) is 0 Å². The lowest BCUT2D eigenvalue weighted by atomic mass is 10.2. The van der Waals surface area contributed by atoms with Crippen LogP contribution in [0, 0.1) is 0 Å². The van der Waals surface area contributed by atoms with Crippen molar-refractivity contribution in [2.24, 2.45) is 0 Å². The number of hydrogen-bond acceptors (Lipinski definition) is 3. The number of rotatable bonds is 1. The Kier molecular flexibility index (Phi) is 1.83. The van der Waals surface area contributed by atoms with Crippen LogP contribution in [0.1, 0.15) is 9.67 Å². The molecule has 2 aromatic rings. The van der Waals surface area contributed by atoms with Crippen LogP contribution < -0.4 is 0 Å². The van der Waals surface area contributed by atoms with Gasteiger partial charge in [-0.3, -0.25) is 4.79 Å². The predicted octanol–water partition coefficient (Wildman–Crippen LogP) is 2.76.